The lowest BCUT2D eigenvalue weighted by Gasteiger charge is -2.77. The Morgan fingerprint density at radius 3 is 2.74 bits per heavy atom. The average molecular weight is 468 g/mol. The normalized spacial score (nSPS) is 55.2. The molecule has 3 heterocycles. The predicted octanol–water partition coefficient (Wildman–Crippen LogP) is 4.37. The summed E-state index contributed by atoms with van der Waals surface area (Å²) in [7, 11) is 0. The Morgan fingerprint density at radius 2 is 2.00 bits per heavy atom. The summed E-state index contributed by atoms with van der Waals surface area (Å²) in [6.07, 6.45) is 11.4. The van der Waals surface area contributed by atoms with Crippen LogP contribution >= 0.6 is 0 Å². The zero-order valence-electron chi connectivity index (χ0n) is 21.5. The first-order valence-electron chi connectivity index (χ1n) is 13.4. The Kier molecular flexibility index (Phi) is 4.11. The van der Waals surface area contributed by atoms with Gasteiger partial charge in [0, 0.05) is 23.9 Å². The molecule has 9 atom stereocenters. The molecule has 0 aromatic carbocycles. The summed E-state index contributed by atoms with van der Waals surface area (Å²) < 4.78 is 20.5. The van der Waals surface area contributed by atoms with Crippen molar-refractivity contribution in [1.82, 2.24) is 4.90 Å². The zero-order chi connectivity index (χ0) is 23.9. The van der Waals surface area contributed by atoms with Crippen molar-refractivity contribution in [3.63, 3.8) is 0 Å². The SMILES string of the molecule is C=CCN1CC[C@]23C4=C5C=CC(C)(O)C4O[C@H]2[C@@]24CC[C@@]3(C[C@@H]2[C@@](C)(C(C)(C)C)OCO4)[C@H]1C5. The number of aliphatic hydroxyl groups is 1. The van der Waals surface area contributed by atoms with E-state index in [1.54, 1.807) is 0 Å². The number of nitrogens with zero attached hydrogens (tertiary/aromatic N) is 1. The van der Waals surface area contributed by atoms with Crippen LogP contribution in [0.3, 0.4) is 0 Å². The Bertz CT molecular complexity index is 1020. The topological polar surface area (TPSA) is 51.2 Å². The monoisotopic (exact) mass is 467 g/mol. The van der Waals surface area contributed by atoms with Gasteiger partial charge in [0.25, 0.3) is 0 Å². The highest BCUT2D eigenvalue weighted by molar-refractivity contribution is 5.53. The first-order chi connectivity index (χ1) is 16.0. The van der Waals surface area contributed by atoms with Crippen molar-refractivity contribution in [2.45, 2.75) is 102 Å². The van der Waals surface area contributed by atoms with Gasteiger partial charge in [-0.3, -0.25) is 4.90 Å². The van der Waals surface area contributed by atoms with Gasteiger partial charge in [0.2, 0.25) is 0 Å². The van der Waals surface area contributed by atoms with Gasteiger partial charge in [0.15, 0.2) is 0 Å². The van der Waals surface area contributed by atoms with Crippen molar-refractivity contribution >= 4 is 0 Å². The second kappa shape index (κ2) is 6.28. The van der Waals surface area contributed by atoms with E-state index in [0.717, 1.165) is 45.2 Å². The minimum atomic E-state index is -0.985. The number of likely N-dealkylation sites (tertiary alicyclic amines) is 1. The molecule has 2 unspecified atom stereocenters. The number of ether oxygens (including phenoxy) is 3. The molecular formula is C29H41NO4. The number of piperidine rings is 1. The van der Waals surface area contributed by atoms with Crippen molar-refractivity contribution in [2.24, 2.45) is 22.2 Å². The molecule has 34 heavy (non-hydrogen) atoms. The van der Waals surface area contributed by atoms with Gasteiger partial charge in [0.1, 0.15) is 24.1 Å². The molecule has 0 aromatic heterocycles. The number of fused-ring (bicyclic) bond motifs is 1. The molecule has 0 aromatic rings. The summed E-state index contributed by atoms with van der Waals surface area (Å²) in [5, 5.41) is 11.5. The van der Waals surface area contributed by atoms with Crippen LogP contribution in [0.4, 0.5) is 0 Å². The van der Waals surface area contributed by atoms with Crippen molar-refractivity contribution in [3.05, 3.63) is 36.0 Å². The van der Waals surface area contributed by atoms with Gasteiger partial charge in [-0.1, -0.05) is 39.0 Å². The molecule has 0 amide bonds. The van der Waals surface area contributed by atoms with Gasteiger partial charge in [-0.05, 0) is 74.5 Å². The van der Waals surface area contributed by atoms with E-state index >= 15 is 0 Å². The summed E-state index contributed by atoms with van der Waals surface area (Å²) in [5.74, 6) is 0.256. The Labute approximate surface area is 204 Å². The van der Waals surface area contributed by atoms with Gasteiger partial charge in [0.05, 0.1) is 11.7 Å². The molecule has 3 saturated heterocycles. The maximum Gasteiger partial charge on any atom is 0.148 e. The Balaban J connectivity index is 1.49. The van der Waals surface area contributed by atoms with Gasteiger partial charge >= 0.3 is 0 Å². The summed E-state index contributed by atoms with van der Waals surface area (Å²) in [6.45, 7) is 17.6. The lowest BCUT2D eigenvalue weighted by atomic mass is 9.32. The molecule has 0 radical (unpaired) electrons. The fraction of sp³-hybridized carbons (Fsp3) is 0.793. The molecule has 186 valence electrons. The third-order valence-electron chi connectivity index (χ3n) is 11.9. The molecule has 3 spiro atoms. The van der Waals surface area contributed by atoms with Crippen LogP contribution in [0.1, 0.15) is 66.7 Å². The van der Waals surface area contributed by atoms with E-state index in [-0.39, 0.29) is 45.6 Å². The van der Waals surface area contributed by atoms with Crippen molar-refractivity contribution in [3.8, 4) is 0 Å². The predicted molar refractivity (Wildman–Crippen MR) is 130 cm³/mol. The fourth-order valence-electron chi connectivity index (χ4n) is 10.1. The number of rotatable bonds is 2. The van der Waals surface area contributed by atoms with E-state index in [1.807, 2.05) is 13.0 Å². The van der Waals surface area contributed by atoms with E-state index in [2.05, 4.69) is 51.3 Å². The lowest BCUT2D eigenvalue weighted by molar-refractivity contribution is -0.401. The van der Waals surface area contributed by atoms with Gasteiger partial charge < -0.3 is 19.3 Å². The molecule has 8 aliphatic rings. The second-order valence-electron chi connectivity index (χ2n) is 13.8. The van der Waals surface area contributed by atoms with Crippen molar-refractivity contribution in [2.75, 3.05) is 19.9 Å². The van der Waals surface area contributed by atoms with Gasteiger partial charge in [-0.15, -0.1) is 6.58 Å². The van der Waals surface area contributed by atoms with Crippen molar-refractivity contribution < 1.29 is 19.3 Å². The third kappa shape index (κ3) is 2.15. The van der Waals surface area contributed by atoms with E-state index in [4.69, 9.17) is 14.2 Å². The number of hydrogen-bond acceptors (Lipinski definition) is 5. The fourth-order valence-corrected chi connectivity index (χ4v) is 10.1. The number of hydrogen-bond donors (Lipinski definition) is 1. The van der Waals surface area contributed by atoms with E-state index in [1.165, 1.54) is 11.1 Å². The van der Waals surface area contributed by atoms with Gasteiger partial charge in [-0.2, -0.15) is 0 Å². The standard InChI is InChI=1S/C29H41NO4/c1-7-13-30-14-12-28-21-18-8-9-25(5,31)22(21)34-23(28)29-11-10-27(28,20(30)15-18)16-19(29)26(6,24(2,3)4)32-17-33-29/h7-9,19-20,22-23,31H,1,10-17H2,2-6H3/t19-,20-,22?,23-,25?,26+,27-,28+,29-/m1/s1. The minimum absolute atomic E-state index is 0.0247. The van der Waals surface area contributed by atoms with Crippen LogP contribution in [0.5, 0.6) is 0 Å². The minimum Gasteiger partial charge on any atom is -0.383 e. The number of allylic oxidation sites excluding steroid dienone is 1. The summed E-state index contributed by atoms with van der Waals surface area (Å²) >= 11 is 0. The quantitative estimate of drug-likeness (QED) is 0.611. The Hall–Kier alpha value is -0.980. The highest BCUT2D eigenvalue weighted by atomic mass is 16.7. The van der Waals surface area contributed by atoms with Crippen LogP contribution < -0.4 is 0 Å². The van der Waals surface area contributed by atoms with Crippen LogP contribution in [0.25, 0.3) is 0 Å². The van der Waals surface area contributed by atoms with E-state index < -0.39 is 5.60 Å². The largest absolute Gasteiger partial charge is 0.383 e. The van der Waals surface area contributed by atoms with Crippen molar-refractivity contribution in [1.29, 1.82) is 0 Å². The molecule has 3 aliphatic heterocycles. The maximum absolute atomic E-state index is 11.5. The molecule has 8 rings (SSSR count). The van der Waals surface area contributed by atoms with Crippen LogP contribution in [0.15, 0.2) is 36.0 Å². The molecular weight excluding hydrogens is 426 g/mol. The zero-order valence-corrected chi connectivity index (χ0v) is 21.5. The average Bonchev–Trinajstić information content (AvgIpc) is 3.14. The summed E-state index contributed by atoms with van der Waals surface area (Å²) in [6, 6.07) is 0.458. The first kappa shape index (κ1) is 22.2. The molecule has 4 bridgehead atoms. The maximum atomic E-state index is 11.5. The molecule has 3 saturated carbocycles. The van der Waals surface area contributed by atoms with E-state index in [0.29, 0.717) is 12.8 Å². The highest BCUT2D eigenvalue weighted by Crippen LogP contribution is 2.80. The van der Waals surface area contributed by atoms with Crippen LogP contribution in [0, 0.1) is 22.2 Å². The first-order valence-corrected chi connectivity index (χ1v) is 13.4. The smallest absolute Gasteiger partial charge is 0.148 e. The molecule has 6 fully saturated rings. The second-order valence-corrected chi connectivity index (χ2v) is 13.8. The van der Waals surface area contributed by atoms with Crippen LogP contribution in [-0.2, 0) is 14.2 Å². The molecule has 5 nitrogen and oxygen atoms in total. The van der Waals surface area contributed by atoms with E-state index in [9.17, 15) is 5.11 Å². The molecule has 5 heteroatoms. The third-order valence-corrected chi connectivity index (χ3v) is 11.9. The summed E-state index contributed by atoms with van der Waals surface area (Å²) in [5.41, 5.74) is 1.20. The lowest BCUT2D eigenvalue weighted by Crippen LogP contribution is -2.82. The Morgan fingerprint density at radius 1 is 1.21 bits per heavy atom. The van der Waals surface area contributed by atoms with Crippen LogP contribution in [-0.4, -0.2) is 64.9 Å². The summed E-state index contributed by atoms with van der Waals surface area (Å²) in [4.78, 5) is 2.70. The van der Waals surface area contributed by atoms with Crippen LogP contribution in [0.2, 0.25) is 0 Å². The highest BCUT2D eigenvalue weighted by Gasteiger charge is 2.84. The molecule has 1 N–H and O–H groups in total. The molecule has 5 aliphatic carbocycles. The van der Waals surface area contributed by atoms with Gasteiger partial charge in [-0.25, -0.2) is 0 Å².